The minimum absolute atomic E-state index is 0.0155. The maximum atomic E-state index is 13.1. The molecule has 1 aliphatic rings. The van der Waals surface area contributed by atoms with Crippen molar-refractivity contribution in [1.82, 2.24) is 4.31 Å². The Morgan fingerprint density at radius 3 is 2.43 bits per heavy atom. The molecule has 1 heterocycles. The van der Waals surface area contributed by atoms with Crippen molar-refractivity contribution in [3.05, 3.63) is 59.2 Å². The topological polar surface area (TPSA) is 57.7 Å². The van der Waals surface area contributed by atoms with Crippen molar-refractivity contribution in [2.45, 2.75) is 37.8 Å². The number of hydrogen-bond donors (Lipinski definition) is 0. The number of amides is 1. The molecule has 0 unspecified atom stereocenters. The van der Waals surface area contributed by atoms with Gasteiger partial charge in [-0.05, 0) is 54.8 Å². The summed E-state index contributed by atoms with van der Waals surface area (Å²) in [7, 11) is -3.73. The third-order valence-electron chi connectivity index (χ3n) is 5.19. The van der Waals surface area contributed by atoms with E-state index >= 15 is 0 Å². The van der Waals surface area contributed by atoms with Gasteiger partial charge in [0.2, 0.25) is 10.0 Å². The third-order valence-corrected chi connectivity index (χ3v) is 7.24. The van der Waals surface area contributed by atoms with Crippen LogP contribution in [0.3, 0.4) is 0 Å². The molecule has 5 nitrogen and oxygen atoms in total. The molecule has 0 bridgehead atoms. The number of halogens is 3. The molecule has 0 atom stereocenters. The van der Waals surface area contributed by atoms with Gasteiger partial charge in [0.05, 0.1) is 10.5 Å². The first-order valence-electron chi connectivity index (χ1n) is 9.71. The summed E-state index contributed by atoms with van der Waals surface area (Å²) in [5.41, 5.74) is 0.312. The van der Waals surface area contributed by atoms with Gasteiger partial charge in [0.25, 0.3) is 5.91 Å². The number of fused-ring (bicyclic) bond motifs is 1. The van der Waals surface area contributed by atoms with Crippen molar-refractivity contribution in [3.63, 3.8) is 0 Å². The van der Waals surface area contributed by atoms with Crippen LogP contribution in [0.15, 0.2) is 47.4 Å². The van der Waals surface area contributed by atoms with Gasteiger partial charge >= 0.3 is 6.18 Å². The second kappa shape index (κ2) is 8.39. The first-order chi connectivity index (χ1) is 14.1. The predicted octanol–water partition coefficient (Wildman–Crippen LogP) is 4.33. The van der Waals surface area contributed by atoms with E-state index in [-0.39, 0.29) is 10.5 Å². The number of aryl methyl sites for hydroxylation is 1. The van der Waals surface area contributed by atoms with Gasteiger partial charge < -0.3 is 4.90 Å². The molecule has 1 amide bonds. The minimum Gasteiger partial charge on any atom is -0.308 e. The maximum Gasteiger partial charge on any atom is 0.416 e. The molecule has 162 valence electrons. The second-order valence-corrected chi connectivity index (χ2v) is 8.96. The highest BCUT2D eigenvalue weighted by molar-refractivity contribution is 7.89. The van der Waals surface area contributed by atoms with Crippen LogP contribution in [-0.2, 0) is 22.6 Å². The van der Waals surface area contributed by atoms with Gasteiger partial charge in [0, 0.05) is 30.9 Å². The molecule has 0 aromatic heterocycles. The van der Waals surface area contributed by atoms with Crippen LogP contribution in [-0.4, -0.2) is 38.3 Å². The van der Waals surface area contributed by atoms with Crippen molar-refractivity contribution < 1.29 is 26.4 Å². The van der Waals surface area contributed by atoms with Gasteiger partial charge in [-0.25, -0.2) is 8.42 Å². The van der Waals surface area contributed by atoms with Gasteiger partial charge in [-0.1, -0.05) is 19.9 Å². The van der Waals surface area contributed by atoms with Gasteiger partial charge in [0.1, 0.15) is 0 Å². The molecule has 0 N–H and O–H groups in total. The van der Waals surface area contributed by atoms with Crippen LogP contribution in [0.5, 0.6) is 0 Å². The molecule has 9 heteroatoms. The van der Waals surface area contributed by atoms with Crippen LogP contribution in [0.4, 0.5) is 18.9 Å². The summed E-state index contributed by atoms with van der Waals surface area (Å²) in [5, 5.41) is 0. The van der Waals surface area contributed by atoms with Crippen molar-refractivity contribution in [2.75, 3.05) is 24.5 Å². The summed E-state index contributed by atoms with van der Waals surface area (Å²) in [6.45, 7) is 4.42. The molecular formula is C21H23F3N2O3S. The molecule has 0 fully saturated rings. The zero-order chi connectivity index (χ0) is 22.1. The molecule has 2 aromatic carbocycles. The summed E-state index contributed by atoms with van der Waals surface area (Å²) in [6.07, 6.45) is -3.48. The van der Waals surface area contributed by atoms with Gasteiger partial charge in [-0.3, -0.25) is 4.79 Å². The Morgan fingerprint density at radius 1 is 1.10 bits per heavy atom. The number of benzene rings is 2. The van der Waals surface area contributed by atoms with E-state index in [2.05, 4.69) is 0 Å². The van der Waals surface area contributed by atoms with Crippen LogP contribution in [0.25, 0.3) is 0 Å². The van der Waals surface area contributed by atoms with Crippen molar-refractivity contribution in [1.29, 1.82) is 0 Å². The number of sulfonamides is 1. The molecule has 3 rings (SSSR count). The van der Waals surface area contributed by atoms with E-state index in [0.29, 0.717) is 43.7 Å². The lowest BCUT2D eigenvalue weighted by atomic mass is 9.98. The summed E-state index contributed by atoms with van der Waals surface area (Å²) < 4.78 is 65.9. The lowest BCUT2D eigenvalue weighted by Gasteiger charge is -2.30. The highest BCUT2D eigenvalue weighted by atomic mass is 32.2. The Balaban J connectivity index is 1.96. The van der Waals surface area contributed by atoms with Crippen LogP contribution < -0.4 is 4.90 Å². The summed E-state index contributed by atoms with van der Waals surface area (Å²) in [4.78, 5) is 14.6. The van der Waals surface area contributed by atoms with Crippen LogP contribution in [0, 0.1) is 0 Å². The van der Waals surface area contributed by atoms with E-state index in [9.17, 15) is 26.4 Å². The average Bonchev–Trinajstić information content (AvgIpc) is 2.72. The molecule has 30 heavy (non-hydrogen) atoms. The standard InChI is InChI=1S/C21H23F3N2O3S/c1-3-25(4-2)30(28,29)18-9-5-7-16(14-18)20(27)26-12-6-8-15-13-17(21(22,23)24)10-11-19(15)26/h5,7,9-11,13-14H,3-4,6,8,12H2,1-2H3. The zero-order valence-electron chi connectivity index (χ0n) is 16.7. The number of nitrogens with zero attached hydrogens (tertiary/aromatic N) is 2. The van der Waals surface area contributed by atoms with Crippen molar-refractivity contribution >= 4 is 21.6 Å². The average molecular weight is 440 g/mol. The Labute approximate surface area is 174 Å². The van der Waals surface area contributed by atoms with Crippen molar-refractivity contribution in [2.24, 2.45) is 0 Å². The normalized spacial score (nSPS) is 14.7. The largest absolute Gasteiger partial charge is 0.416 e. The first-order valence-corrected chi connectivity index (χ1v) is 11.2. The SMILES string of the molecule is CCN(CC)S(=O)(=O)c1cccc(C(=O)N2CCCc3cc(C(F)(F)F)ccc32)c1. The van der Waals surface area contributed by atoms with E-state index < -0.39 is 27.7 Å². The molecule has 0 radical (unpaired) electrons. The maximum absolute atomic E-state index is 13.1. The molecule has 0 aliphatic carbocycles. The van der Waals surface area contributed by atoms with Gasteiger partial charge in [-0.2, -0.15) is 17.5 Å². The van der Waals surface area contributed by atoms with Crippen LogP contribution in [0.2, 0.25) is 0 Å². The highest BCUT2D eigenvalue weighted by Crippen LogP contribution is 2.35. The fourth-order valence-electron chi connectivity index (χ4n) is 3.64. The molecule has 0 saturated heterocycles. The number of carbonyl (C=O) groups excluding carboxylic acids is 1. The Bertz CT molecular complexity index is 1050. The lowest BCUT2D eigenvalue weighted by Crippen LogP contribution is -2.36. The Kier molecular flexibility index (Phi) is 6.24. The summed E-state index contributed by atoms with van der Waals surface area (Å²) in [5.74, 6) is -0.438. The third kappa shape index (κ3) is 4.22. The van der Waals surface area contributed by atoms with E-state index in [0.717, 1.165) is 12.1 Å². The monoisotopic (exact) mass is 440 g/mol. The number of carbonyl (C=O) groups is 1. The van der Waals surface area contributed by atoms with E-state index in [4.69, 9.17) is 0 Å². The number of hydrogen-bond acceptors (Lipinski definition) is 3. The Morgan fingerprint density at radius 2 is 1.80 bits per heavy atom. The number of alkyl halides is 3. The summed E-state index contributed by atoms with van der Waals surface area (Å²) in [6, 6.07) is 9.13. The molecule has 1 aliphatic heterocycles. The summed E-state index contributed by atoms with van der Waals surface area (Å²) >= 11 is 0. The quantitative estimate of drug-likeness (QED) is 0.696. The fourth-order valence-corrected chi connectivity index (χ4v) is 5.15. The van der Waals surface area contributed by atoms with E-state index in [1.165, 1.54) is 39.5 Å². The van der Waals surface area contributed by atoms with Gasteiger partial charge in [0.15, 0.2) is 0 Å². The number of anilines is 1. The second-order valence-electron chi connectivity index (χ2n) is 7.02. The minimum atomic E-state index is -4.45. The molecule has 2 aromatic rings. The molecule has 0 saturated carbocycles. The molecular weight excluding hydrogens is 417 g/mol. The lowest BCUT2D eigenvalue weighted by molar-refractivity contribution is -0.137. The zero-order valence-corrected chi connectivity index (χ0v) is 17.6. The Hall–Kier alpha value is -2.39. The fraction of sp³-hybridized carbons (Fsp3) is 0.381. The molecule has 0 spiro atoms. The smallest absolute Gasteiger partial charge is 0.308 e. The highest BCUT2D eigenvalue weighted by Gasteiger charge is 2.33. The predicted molar refractivity (Wildman–Crippen MR) is 108 cm³/mol. The van der Waals surface area contributed by atoms with Crippen molar-refractivity contribution in [3.8, 4) is 0 Å². The van der Waals surface area contributed by atoms with E-state index in [1.54, 1.807) is 13.8 Å². The number of rotatable bonds is 5. The van der Waals surface area contributed by atoms with Crippen LogP contribution in [0.1, 0.15) is 41.8 Å². The van der Waals surface area contributed by atoms with E-state index in [1.807, 2.05) is 0 Å². The first kappa shape index (κ1) is 22.3. The van der Waals surface area contributed by atoms with Crippen LogP contribution >= 0.6 is 0 Å². The van der Waals surface area contributed by atoms with Gasteiger partial charge in [-0.15, -0.1) is 0 Å².